The van der Waals surface area contributed by atoms with Crippen molar-refractivity contribution < 1.29 is 9.53 Å². The van der Waals surface area contributed by atoms with Gasteiger partial charge in [0, 0.05) is 25.9 Å². The number of ether oxygens (including phenoxy) is 1. The number of thiophene rings is 1. The summed E-state index contributed by atoms with van der Waals surface area (Å²) in [6.07, 6.45) is 2.27. The van der Waals surface area contributed by atoms with E-state index in [9.17, 15) is 4.79 Å². The van der Waals surface area contributed by atoms with Crippen molar-refractivity contribution in [3.8, 4) is 11.8 Å². The molecule has 0 unspecified atom stereocenters. The molecule has 0 radical (unpaired) electrons. The quantitative estimate of drug-likeness (QED) is 0.727. The smallest absolute Gasteiger partial charge is 0.173 e. The number of hydrogen-bond donors (Lipinski definition) is 0. The van der Waals surface area contributed by atoms with Crippen LogP contribution in [0.4, 0.5) is 5.00 Å². The molecule has 0 amide bonds. The minimum Gasteiger partial charge on any atom is -0.378 e. The molecule has 0 atom stereocenters. The summed E-state index contributed by atoms with van der Waals surface area (Å²) in [5.41, 5.74) is 3.47. The number of carbonyl (C=O) groups excluding carboxylic acids is 1. The molecule has 1 aromatic heterocycles. The molecular weight excluding hydrogens is 354 g/mol. The van der Waals surface area contributed by atoms with Gasteiger partial charge in [0.25, 0.3) is 0 Å². The maximum Gasteiger partial charge on any atom is 0.173 e. The van der Waals surface area contributed by atoms with Gasteiger partial charge < -0.3 is 9.64 Å². The van der Waals surface area contributed by atoms with Crippen LogP contribution in [0, 0.1) is 17.3 Å². The van der Waals surface area contributed by atoms with Crippen molar-refractivity contribution in [2.45, 2.75) is 33.1 Å². The lowest BCUT2D eigenvalue weighted by Gasteiger charge is -2.29. The highest BCUT2D eigenvalue weighted by Crippen LogP contribution is 2.44. The van der Waals surface area contributed by atoms with Crippen LogP contribution < -0.4 is 4.90 Å². The Bertz CT molecular complexity index is 896. The standard InChI is InChI=1S/C23H25NO2S/c1-23(2)15-19-18(10-6-9-17-7-4-3-5-8-17)22(24-11-13-26-14-12-24)27-21(19)20(25)16-23/h3-5,7-8H,9,11-16H2,1-2H3. The third kappa shape index (κ3) is 3.95. The van der Waals surface area contributed by atoms with E-state index in [2.05, 4.69) is 42.7 Å². The van der Waals surface area contributed by atoms with Gasteiger partial charge in [0.2, 0.25) is 0 Å². The second kappa shape index (κ2) is 7.50. The van der Waals surface area contributed by atoms with Gasteiger partial charge in [-0.2, -0.15) is 0 Å². The van der Waals surface area contributed by atoms with Gasteiger partial charge in [-0.05, 0) is 23.0 Å². The second-order valence-corrected chi connectivity index (χ2v) is 9.09. The van der Waals surface area contributed by atoms with Crippen molar-refractivity contribution in [3.63, 3.8) is 0 Å². The molecule has 27 heavy (non-hydrogen) atoms. The highest BCUT2D eigenvalue weighted by atomic mass is 32.1. The Morgan fingerprint density at radius 1 is 1.15 bits per heavy atom. The van der Waals surface area contributed by atoms with Crippen LogP contribution in [0.15, 0.2) is 30.3 Å². The first kappa shape index (κ1) is 18.3. The molecule has 0 bridgehead atoms. The maximum absolute atomic E-state index is 12.8. The molecule has 2 aromatic rings. The molecule has 1 aromatic carbocycles. The van der Waals surface area contributed by atoms with Gasteiger partial charge in [-0.3, -0.25) is 4.79 Å². The van der Waals surface area contributed by atoms with Crippen LogP contribution in [-0.2, 0) is 17.6 Å². The zero-order valence-corrected chi connectivity index (χ0v) is 16.8. The molecule has 4 heteroatoms. The Morgan fingerprint density at radius 2 is 1.89 bits per heavy atom. The fraction of sp³-hybridized carbons (Fsp3) is 0.435. The molecule has 0 spiro atoms. The number of fused-ring (bicyclic) bond motifs is 1. The zero-order valence-electron chi connectivity index (χ0n) is 16.0. The Hall–Kier alpha value is -2.09. The summed E-state index contributed by atoms with van der Waals surface area (Å²) in [7, 11) is 0. The minimum absolute atomic E-state index is 0.00327. The van der Waals surface area contributed by atoms with Gasteiger partial charge >= 0.3 is 0 Å². The van der Waals surface area contributed by atoms with E-state index in [1.807, 2.05) is 18.2 Å². The number of ketones is 1. The monoisotopic (exact) mass is 379 g/mol. The fourth-order valence-electron chi connectivity index (χ4n) is 3.85. The molecule has 140 valence electrons. The number of morpholine rings is 1. The highest BCUT2D eigenvalue weighted by molar-refractivity contribution is 7.18. The number of benzene rings is 1. The van der Waals surface area contributed by atoms with E-state index < -0.39 is 0 Å². The number of Topliss-reactive ketones (excluding diaryl/α,β-unsaturated/α-hetero) is 1. The van der Waals surface area contributed by atoms with Gasteiger partial charge in [-0.15, -0.1) is 11.3 Å². The molecule has 2 aliphatic rings. The van der Waals surface area contributed by atoms with E-state index in [1.54, 1.807) is 11.3 Å². The Labute approximate surface area is 165 Å². The van der Waals surface area contributed by atoms with Gasteiger partial charge in [0.05, 0.1) is 23.7 Å². The molecule has 3 nitrogen and oxygen atoms in total. The number of nitrogens with zero attached hydrogens (tertiary/aromatic N) is 1. The van der Waals surface area contributed by atoms with E-state index in [0.29, 0.717) is 6.42 Å². The lowest BCUT2D eigenvalue weighted by atomic mass is 9.75. The van der Waals surface area contributed by atoms with Crippen LogP contribution in [0.3, 0.4) is 0 Å². The van der Waals surface area contributed by atoms with Gasteiger partial charge in [0.15, 0.2) is 5.78 Å². The van der Waals surface area contributed by atoms with Crippen LogP contribution in [0.2, 0.25) is 0 Å². The summed E-state index contributed by atoms with van der Waals surface area (Å²) >= 11 is 1.64. The van der Waals surface area contributed by atoms with Crippen LogP contribution in [0.1, 0.15) is 46.6 Å². The summed E-state index contributed by atoms with van der Waals surface area (Å²) in [6, 6.07) is 10.3. The SMILES string of the molecule is CC1(C)CC(=O)c2sc(N3CCOCC3)c(C#CCc3ccccc3)c2C1. The van der Waals surface area contributed by atoms with Crippen molar-refractivity contribution in [2.24, 2.45) is 5.41 Å². The van der Waals surface area contributed by atoms with Crippen molar-refractivity contribution >= 4 is 22.1 Å². The van der Waals surface area contributed by atoms with E-state index in [0.717, 1.165) is 54.6 Å². The molecule has 2 heterocycles. The molecule has 0 N–H and O–H groups in total. The predicted octanol–water partition coefficient (Wildman–Crippen LogP) is 4.33. The third-order valence-corrected chi connectivity index (χ3v) is 6.52. The zero-order chi connectivity index (χ0) is 18.9. The van der Waals surface area contributed by atoms with Gasteiger partial charge in [-0.1, -0.05) is 56.0 Å². The number of rotatable bonds is 2. The molecule has 0 saturated carbocycles. The Kier molecular flexibility index (Phi) is 5.08. The summed E-state index contributed by atoms with van der Waals surface area (Å²) in [5, 5.41) is 1.16. The minimum atomic E-state index is 0.00327. The van der Waals surface area contributed by atoms with Crippen LogP contribution in [-0.4, -0.2) is 32.1 Å². The summed E-state index contributed by atoms with van der Waals surface area (Å²) in [5.74, 6) is 7.09. The lowest BCUT2D eigenvalue weighted by Crippen LogP contribution is -2.36. The molecule has 1 fully saturated rings. The predicted molar refractivity (Wildman–Crippen MR) is 111 cm³/mol. The average molecular weight is 380 g/mol. The molecule has 1 saturated heterocycles. The molecule has 1 aliphatic heterocycles. The second-order valence-electron chi connectivity index (χ2n) is 8.09. The number of carbonyl (C=O) groups is 1. The first-order valence-corrected chi connectivity index (χ1v) is 10.4. The summed E-state index contributed by atoms with van der Waals surface area (Å²) < 4.78 is 5.52. The topological polar surface area (TPSA) is 29.5 Å². The first-order chi connectivity index (χ1) is 13.0. The fourth-order valence-corrected chi connectivity index (χ4v) is 5.12. The first-order valence-electron chi connectivity index (χ1n) is 9.58. The van der Waals surface area contributed by atoms with Crippen molar-refractivity contribution in [3.05, 3.63) is 51.9 Å². The van der Waals surface area contributed by atoms with Crippen molar-refractivity contribution in [1.82, 2.24) is 0 Å². The normalized spacial score (nSPS) is 18.6. The average Bonchev–Trinajstić information content (AvgIpc) is 3.01. The Morgan fingerprint density at radius 3 is 2.63 bits per heavy atom. The van der Waals surface area contributed by atoms with Gasteiger partial charge in [0.1, 0.15) is 5.00 Å². The number of hydrogen-bond acceptors (Lipinski definition) is 4. The Balaban J connectivity index is 1.72. The van der Waals surface area contributed by atoms with Crippen LogP contribution >= 0.6 is 11.3 Å². The summed E-state index contributed by atoms with van der Waals surface area (Å²) in [6.45, 7) is 7.56. The molecule has 1 aliphatic carbocycles. The number of anilines is 1. The van der Waals surface area contributed by atoms with Crippen LogP contribution in [0.5, 0.6) is 0 Å². The van der Waals surface area contributed by atoms with E-state index in [-0.39, 0.29) is 11.2 Å². The summed E-state index contributed by atoms with van der Waals surface area (Å²) in [4.78, 5) is 16.0. The highest BCUT2D eigenvalue weighted by Gasteiger charge is 2.36. The lowest BCUT2D eigenvalue weighted by molar-refractivity contribution is 0.0917. The van der Waals surface area contributed by atoms with Crippen LogP contribution in [0.25, 0.3) is 0 Å². The van der Waals surface area contributed by atoms with Crippen molar-refractivity contribution in [2.75, 3.05) is 31.2 Å². The van der Waals surface area contributed by atoms with Crippen molar-refractivity contribution in [1.29, 1.82) is 0 Å². The van der Waals surface area contributed by atoms with Gasteiger partial charge in [-0.25, -0.2) is 0 Å². The molecule has 4 rings (SSSR count). The van der Waals surface area contributed by atoms with E-state index >= 15 is 0 Å². The maximum atomic E-state index is 12.8. The molecular formula is C23H25NO2S. The third-order valence-electron chi connectivity index (χ3n) is 5.18. The van der Waals surface area contributed by atoms with E-state index in [4.69, 9.17) is 4.74 Å². The largest absolute Gasteiger partial charge is 0.378 e. The van der Waals surface area contributed by atoms with E-state index in [1.165, 1.54) is 11.1 Å².